The van der Waals surface area contributed by atoms with E-state index in [1.54, 1.807) is 23.5 Å². The Morgan fingerprint density at radius 3 is 1.84 bits per heavy atom. The lowest BCUT2D eigenvalue weighted by Gasteiger charge is -2.44. The van der Waals surface area contributed by atoms with Crippen molar-refractivity contribution in [2.75, 3.05) is 14.7 Å². The average molecular weight is 776 g/mol. The first kappa shape index (κ1) is 30.1. The molecule has 2 aliphatic heterocycles. The van der Waals surface area contributed by atoms with Crippen LogP contribution in [0.15, 0.2) is 146 Å². The standard InChI is InChI=1S/C53H48BN3S/c1-33-19-26-49-44(27-33)50-52(58-49)57(42-24-21-35(3)37(5)29-42)48-32-43(55(39-15-11-9-12-16-39)40-17-13-10-14-18-40)31-47-51(48)54(50)45-30-38(53(6,7)8)22-25-46(45)56(47)41-23-20-34(2)36(4)28-41/h9-32H,1-8H3/i3D3,5D3. The van der Waals surface area contributed by atoms with Gasteiger partial charge in [-0.2, -0.15) is 0 Å². The van der Waals surface area contributed by atoms with Gasteiger partial charge >= 0.3 is 0 Å². The molecule has 0 aliphatic carbocycles. The number of fused-ring (bicyclic) bond motifs is 6. The summed E-state index contributed by atoms with van der Waals surface area (Å²) >= 11 is 1.69. The molecule has 0 atom stereocenters. The molecule has 0 saturated carbocycles. The molecule has 0 unspecified atom stereocenters. The van der Waals surface area contributed by atoms with E-state index in [0.717, 1.165) is 71.4 Å². The number of hydrogen-bond acceptors (Lipinski definition) is 4. The summed E-state index contributed by atoms with van der Waals surface area (Å²) in [5.41, 5.74) is 15.2. The van der Waals surface area contributed by atoms with Crippen molar-refractivity contribution in [1.29, 1.82) is 0 Å². The maximum absolute atomic E-state index is 8.65. The molecule has 0 spiro atoms. The first-order valence-corrected chi connectivity index (χ1v) is 20.8. The summed E-state index contributed by atoms with van der Waals surface area (Å²) < 4.78 is 52.2. The highest BCUT2D eigenvalue weighted by atomic mass is 32.1. The second kappa shape index (κ2) is 13.5. The Bertz CT molecular complexity index is 3090. The van der Waals surface area contributed by atoms with Crippen LogP contribution in [0.4, 0.5) is 50.5 Å². The van der Waals surface area contributed by atoms with Crippen molar-refractivity contribution < 1.29 is 8.22 Å². The van der Waals surface area contributed by atoms with Crippen molar-refractivity contribution >= 4 is 95.0 Å². The molecule has 7 aromatic carbocycles. The number of anilines is 9. The van der Waals surface area contributed by atoms with Crippen LogP contribution in [0.25, 0.3) is 10.1 Å². The molecule has 2 aliphatic rings. The van der Waals surface area contributed by atoms with E-state index in [2.05, 4.69) is 172 Å². The maximum Gasteiger partial charge on any atom is 0.254 e. The van der Waals surface area contributed by atoms with Crippen molar-refractivity contribution in [1.82, 2.24) is 0 Å². The van der Waals surface area contributed by atoms with E-state index < -0.39 is 13.7 Å². The van der Waals surface area contributed by atoms with Crippen molar-refractivity contribution in [2.45, 2.75) is 60.7 Å². The van der Waals surface area contributed by atoms with Gasteiger partial charge in [-0.15, -0.1) is 11.3 Å². The van der Waals surface area contributed by atoms with Gasteiger partial charge in [0.2, 0.25) is 0 Å². The number of thiophene rings is 1. The lowest BCUT2D eigenvalue weighted by molar-refractivity contribution is 0.591. The zero-order valence-electron chi connectivity index (χ0n) is 39.7. The van der Waals surface area contributed by atoms with Gasteiger partial charge < -0.3 is 14.7 Å². The molecule has 0 radical (unpaired) electrons. The molecule has 58 heavy (non-hydrogen) atoms. The molecule has 0 N–H and O–H groups in total. The zero-order valence-corrected chi connectivity index (χ0v) is 34.5. The fourth-order valence-electron chi connectivity index (χ4n) is 8.89. The molecular weight excluding hydrogens is 721 g/mol. The summed E-state index contributed by atoms with van der Waals surface area (Å²) in [5, 5.41) is 2.12. The summed E-state index contributed by atoms with van der Waals surface area (Å²) in [6, 6.07) is 50.4. The van der Waals surface area contributed by atoms with E-state index in [9.17, 15) is 0 Å². The smallest absolute Gasteiger partial charge is 0.254 e. The first-order valence-electron chi connectivity index (χ1n) is 23.0. The van der Waals surface area contributed by atoms with Crippen LogP contribution >= 0.6 is 11.3 Å². The lowest BCUT2D eigenvalue weighted by atomic mass is 9.33. The monoisotopic (exact) mass is 775 g/mol. The predicted octanol–water partition coefficient (Wildman–Crippen LogP) is 13.3. The van der Waals surface area contributed by atoms with Gasteiger partial charge in [-0.1, -0.05) is 99.1 Å². The van der Waals surface area contributed by atoms with Gasteiger partial charge in [-0.3, -0.25) is 0 Å². The number of nitrogens with zero attached hydrogens (tertiary/aromatic N) is 3. The number of hydrogen-bond donors (Lipinski definition) is 0. The van der Waals surface area contributed by atoms with Crippen molar-refractivity contribution in [3.05, 3.63) is 179 Å². The summed E-state index contributed by atoms with van der Waals surface area (Å²) in [6.45, 7) is 7.70. The van der Waals surface area contributed by atoms with Crippen LogP contribution in [0.2, 0.25) is 0 Å². The molecule has 1 aromatic heterocycles. The molecule has 0 bridgehead atoms. The molecule has 3 heterocycles. The van der Waals surface area contributed by atoms with Crippen LogP contribution in [0.3, 0.4) is 0 Å². The molecule has 5 heteroatoms. The Morgan fingerprint density at radius 2 is 1.19 bits per heavy atom. The fourth-order valence-corrected chi connectivity index (χ4v) is 10.1. The van der Waals surface area contributed by atoms with Crippen molar-refractivity contribution in [2.24, 2.45) is 0 Å². The largest absolute Gasteiger partial charge is 0.311 e. The Labute approximate surface area is 356 Å². The highest BCUT2D eigenvalue weighted by Gasteiger charge is 2.46. The molecule has 0 amide bonds. The molecule has 8 aromatic rings. The van der Waals surface area contributed by atoms with Gasteiger partial charge in [-0.05, 0) is 162 Å². The summed E-state index contributed by atoms with van der Waals surface area (Å²) in [5.74, 6) is 0. The number of rotatable bonds is 5. The van der Waals surface area contributed by atoms with Crippen molar-refractivity contribution in [3.8, 4) is 0 Å². The van der Waals surface area contributed by atoms with Crippen LogP contribution in [0.5, 0.6) is 0 Å². The predicted molar refractivity (Wildman–Crippen MR) is 253 cm³/mol. The second-order valence-corrected chi connectivity index (χ2v) is 17.9. The molecule has 10 rings (SSSR count). The van der Waals surface area contributed by atoms with E-state index in [4.69, 9.17) is 8.22 Å². The third-order valence-electron chi connectivity index (χ3n) is 12.0. The molecule has 284 valence electrons. The zero-order chi connectivity index (χ0) is 45.0. The quantitative estimate of drug-likeness (QED) is 0.161. The van der Waals surface area contributed by atoms with Gasteiger partial charge in [0.25, 0.3) is 6.71 Å². The van der Waals surface area contributed by atoms with Crippen LogP contribution in [-0.4, -0.2) is 6.71 Å². The Morgan fingerprint density at radius 1 is 0.552 bits per heavy atom. The van der Waals surface area contributed by atoms with Gasteiger partial charge in [0.1, 0.15) is 0 Å². The van der Waals surface area contributed by atoms with Gasteiger partial charge in [0.15, 0.2) is 0 Å². The summed E-state index contributed by atoms with van der Waals surface area (Å²) in [7, 11) is 0. The number of aryl methyl sites for hydroxylation is 5. The minimum absolute atomic E-state index is 0.133. The SMILES string of the molecule is [2H]C([2H])([2H])c1ccc(N2c3cc(N(c4ccccc4)c4ccccc4)cc4c3B(c3cc(C(C)(C)C)ccc3N4c3ccc(C)c(C)c3)c3c2sc2ccc(C)cc32)cc1C([2H])([2H])[2H]. The normalized spacial score (nSPS) is 15.0. The van der Waals surface area contributed by atoms with Gasteiger partial charge in [-0.25, -0.2) is 0 Å². The van der Waals surface area contributed by atoms with E-state index >= 15 is 0 Å². The second-order valence-electron chi connectivity index (χ2n) is 16.9. The Kier molecular flexibility index (Phi) is 7.02. The topological polar surface area (TPSA) is 9.72 Å². The van der Waals surface area contributed by atoms with E-state index in [1.165, 1.54) is 28.2 Å². The Hall–Kier alpha value is -6.04. The number of para-hydroxylation sites is 2. The van der Waals surface area contributed by atoms with Crippen LogP contribution < -0.4 is 31.1 Å². The number of benzene rings is 7. The third-order valence-corrected chi connectivity index (χ3v) is 13.2. The Balaban J connectivity index is 1.39. The first-order chi connectivity index (χ1) is 30.4. The highest BCUT2D eigenvalue weighted by Crippen LogP contribution is 2.51. The highest BCUT2D eigenvalue weighted by molar-refractivity contribution is 7.26. The molecule has 0 saturated heterocycles. The van der Waals surface area contributed by atoms with Crippen molar-refractivity contribution in [3.63, 3.8) is 0 Å². The summed E-state index contributed by atoms with van der Waals surface area (Å²) in [6.07, 6.45) is 0. The summed E-state index contributed by atoms with van der Waals surface area (Å²) in [4.78, 5) is 6.89. The van der Waals surface area contributed by atoms with Crippen LogP contribution in [0, 0.1) is 34.5 Å². The van der Waals surface area contributed by atoms with Gasteiger partial charge in [0.05, 0.1) is 10.7 Å². The molecule has 0 fully saturated rings. The average Bonchev–Trinajstić information content (AvgIpc) is 3.62. The molecular formula is C53H48BN3S. The molecule has 3 nitrogen and oxygen atoms in total. The van der Waals surface area contributed by atoms with Crippen LogP contribution in [-0.2, 0) is 5.41 Å². The van der Waals surface area contributed by atoms with E-state index in [1.807, 2.05) is 12.1 Å². The maximum atomic E-state index is 8.65. The van der Waals surface area contributed by atoms with E-state index in [-0.39, 0.29) is 23.3 Å². The fraction of sp³-hybridized carbons (Fsp3) is 0.170. The van der Waals surface area contributed by atoms with Crippen LogP contribution in [0.1, 0.15) is 62.4 Å². The third kappa shape index (κ3) is 5.78. The minimum Gasteiger partial charge on any atom is -0.311 e. The van der Waals surface area contributed by atoms with E-state index in [0.29, 0.717) is 5.69 Å². The minimum atomic E-state index is -2.68. The van der Waals surface area contributed by atoms with Gasteiger partial charge in [0, 0.05) is 52.7 Å². The lowest BCUT2D eigenvalue weighted by Crippen LogP contribution is -2.61.